The first-order chi connectivity index (χ1) is 10.2. The van der Waals surface area contributed by atoms with Gasteiger partial charge in [0.25, 0.3) is 0 Å². The van der Waals surface area contributed by atoms with Crippen molar-refractivity contribution in [1.29, 1.82) is 5.26 Å². The highest BCUT2D eigenvalue weighted by molar-refractivity contribution is 7.19. The predicted molar refractivity (Wildman–Crippen MR) is 82.6 cm³/mol. The van der Waals surface area contributed by atoms with Crippen LogP contribution in [0, 0.1) is 11.3 Å². The van der Waals surface area contributed by atoms with Gasteiger partial charge in [0.2, 0.25) is 0 Å². The summed E-state index contributed by atoms with van der Waals surface area (Å²) in [6, 6.07) is 10.2. The van der Waals surface area contributed by atoms with E-state index in [1.807, 2.05) is 18.2 Å². The van der Waals surface area contributed by atoms with Gasteiger partial charge in [0.05, 0.1) is 11.6 Å². The van der Waals surface area contributed by atoms with Crippen LogP contribution in [0.5, 0.6) is 0 Å². The molecule has 1 aromatic heterocycles. The number of carbonyl (C=O) groups is 1. The summed E-state index contributed by atoms with van der Waals surface area (Å²) >= 11 is 1.73. The van der Waals surface area contributed by atoms with Gasteiger partial charge < -0.3 is 10.0 Å². The van der Waals surface area contributed by atoms with E-state index in [0.29, 0.717) is 12.1 Å². The standard InChI is InChI=1S/C16H16N2O2S/c17-10-11-3-6-15-12(8-11)9-14(21-15)5-4-13-2-1-7-18(13)16(19)20/h3,6,8-9,13H,1-2,4-5,7H2,(H,19,20)/t13-/m0/s1. The molecule has 108 valence electrons. The normalized spacial score (nSPS) is 18.0. The van der Waals surface area contributed by atoms with Gasteiger partial charge in [-0.15, -0.1) is 11.3 Å². The molecule has 2 aromatic rings. The molecule has 1 N–H and O–H groups in total. The van der Waals surface area contributed by atoms with Gasteiger partial charge in [0, 0.05) is 22.2 Å². The Labute approximate surface area is 127 Å². The number of amides is 1. The van der Waals surface area contributed by atoms with Crippen LogP contribution in [0.15, 0.2) is 24.3 Å². The lowest BCUT2D eigenvalue weighted by molar-refractivity contribution is 0.138. The zero-order chi connectivity index (χ0) is 14.8. The molecule has 21 heavy (non-hydrogen) atoms. The smallest absolute Gasteiger partial charge is 0.407 e. The lowest BCUT2D eigenvalue weighted by Gasteiger charge is -2.20. The van der Waals surface area contributed by atoms with Gasteiger partial charge in [-0.3, -0.25) is 0 Å². The van der Waals surface area contributed by atoms with E-state index in [1.165, 1.54) is 9.58 Å². The van der Waals surface area contributed by atoms with Crippen LogP contribution in [0.2, 0.25) is 0 Å². The summed E-state index contributed by atoms with van der Waals surface area (Å²) in [6.07, 6.45) is 2.91. The molecule has 1 atom stereocenters. The largest absolute Gasteiger partial charge is 0.465 e. The number of aryl methyl sites for hydroxylation is 1. The number of nitrogens with zero attached hydrogens (tertiary/aromatic N) is 2. The Balaban J connectivity index is 1.71. The van der Waals surface area contributed by atoms with Crippen LogP contribution < -0.4 is 0 Å². The van der Waals surface area contributed by atoms with Crippen molar-refractivity contribution in [3.05, 3.63) is 34.7 Å². The Hall–Kier alpha value is -2.06. The summed E-state index contributed by atoms with van der Waals surface area (Å²) in [7, 11) is 0. The molecule has 0 bridgehead atoms. The minimum atomic E-state index is -0.799. The number of hydrogen-bond acceptors (Lipinski definition) is 3. The highest BCUT2D eigenvalue weighted by atomic mass is 32.1. The molecular weight excluding hydrogens is 284 g/mol. The second-order valence-electron chi connectivity index (χ2n) is 5.39. The second-order valence-corrected chi connectivity index (χ2v) is 6.56. The molecule has 4 nitrogen and oxygen atoms in total. The number of hydrogen-bond donors (Lipinski definition) is 1. The maximum Gasteiger partial charge on any atom is 0.407 e. The first kappa shape index (κ1) is 13.9. The van der Waals surface area contributed by atoms with Crippen molar-refractivity contribution in [2.45, 2.75) is 31.7 Å². The van der Waals surface area contributed by atoms with Crippen LogP contribution in [0.4, 0.5) is 4.79 Å². The van der Waals surface area contributed by atoms with E-state index in [0.717, 1.165) is 31.1 Å². The predicted octanol–water partition coefficient (Wildman–Crippen LogP) is 3.85. The average Bonchev–Trinajstić information content (AvgIpc) is 3.10. The van der Waals surface area contributed by atoms with Gasteiger partial charge in [-0.25, -0.2) is 4.79 Å². The molecule has 0 saturated carbocycles. The average molecular weight is 300 g/mol. The van der Waals surface area contributed by atoms with Gasteiger partial charge in [0.1, 0.15) is 0 Å². The maximum atomic E-state index is 11.1. The quantitative estimate of drug-likeness (QED) is 0.936. The molecule has 2 heterocycles. The van der Waals surface area contributed by atoms with E-state index in [1.54, 1.807) is 16.2 Å². The second kappa shape index (κ2) is 5.74. The topological polar surface area (TPSA) is 64.3 Å². The van der Waals surface area contributed by atoms with Crippen molar-refractivity contribution in [1.82, 2.24) is 4.90 Å². The maximum absolute atomic E-state index is 11.1. The van der Waals surface area contributed by atoms with Gasteiger partial charge in [-0.05, 0) is 55.3 Å². The molecule has 1 fully saturated rings. The van der Waals surface area contributed by atoms with Crippen LogP contribution >= 0.6 is 11.3 Å². The van der Waals surface area contributed by atoms with E-state index in [2.05, 4.69) is 12.1 Å². The number of rotatable bonds is 3. The van der Waals surface area contributed by atoms with E-state index < -0.39 is 6.09 Å². The monoisotopic (exact) mass is 300 g/mol. The third kappa shape index (κ3) is 2.86. The molecule has 1 aliphatic heterocycles. The molecule has 1 saturated heterocycles. The van der Waals surface area contributed by atoms with E-state index >= 15 is 0 Å². The van der Waals surface area contributed by atoms with Crippen molar-refractivity contribution in [3.63, 3.8) is 0 Å². The van der Waals surface area contributed by atoms with Crippen molar-refractivity contribution in [2.24, 2.45) is 0 Å². The molecule has 1 aromatic carbocycles. The molecule has 3 rings (SSSR count). The molecule has 0 radical (unpaired) electrons. The number of fused-ring (bicyclic) bond motifs is 1. The molecule has 1 amide bonds. The zero-order valence-electron chi connectivity index (χ0n) is 11.6. The summed E-state index contributed by atoms with van der Waals surface area (Å²) < 4.78 is 1.19. The Morgan fingerprint density at radius 2 is 2.33 bits per heavy atom. The minimum Gasteiger partial charge on any atom is -0.465 e. The molecule has 0 unspecified atom stereocenters. The fraction of sp³-hybridized carbons (Fsp3) is 0.375. The molecule has 5 heteroatoms. The molecule has 0 spiro atoms. The third-order valence-corrected chi connectivity index (χ3v) is 5.22. The third-order valence-electron chi connectivity index (χ3n) is 4.04. The van der Waals surface area contributed by atoms with E-state index in [4.69, 9.17) is 10.4 Å². The van der Waals surface area contributed by atoms with Crippen molar-refractivity contribution in [2.75, 3.05) is 6.54 Å². The zero-order valence-corrected chi connectivity index (χ0v) is 12.4. The number of benzene rings is 1. The SMILES string of the molecule is N#Cc1ccc2sc(CC[C@@H]3CCCN3C(=O)O)cc2c1. The van der Waals surface area contributed by atoms with Crippen molar-refractivity contribution < 1.29 is 9.90 Å². The van der Waals surface area contributed by atoms with Crippen LogP contribution in [0.3, 0.4) is 0 Å². The summed E-state index contributed by atoms with van der Waals surface area (Å²) in [6.45, 7) is 0.665. The van der Waals surface area contributed by atoms with Crippen LogP contribution in [0.25, 0.3) is 10.1 Å². The molecule has 0 aliphatic carbocycles. The van der Waals surface area contributed by atoms with E-state index in [-0.39, 0.29) is 6.04 Å². The Kier molecular flexibility index (Phi) is 3.80. The number of carboxylic acid groups (broad SMARTS) is 1. The van der Waals surface area contributed by atoms with Gasteiger partial charge in [0.15, 0.2) is 0 Å². The van der Waals surface area contributed by atoms with Crippen molar-refractivity contribution >= 4 is 27.5 Å². The fourth-order valence-electron chi connectivity index (χ4n) is 2.99. The van der Waals surface area contributed by atoms with Gasteiger partial charge in [-0.2, -0.15) is 5.26 Å². The number of nitriles is 1. The lowest BCUT2D eigenvalue weighted by atomic mass is 10.1. The first-order valence-electron chi connectivity index (χ1n) is 7.09. The van der Waals surface area contributed by atoms with Gasteiger partial charge in [-0.1, -0.05) is 0 Å². The summed E-state index contributed by atoms with van der Waals surface area (Å²) in [5, 5.41) is 19.2. The lowest BCUT2D eigenvalue weighted by Crippen LogP contribution is -2.34. The van der Waals surface area contributed by atoms with Crippen LogP contribution in [-0.4, -0.2) is 28.7 Å². The fourth-order valence-corrected chi connectivity index (χ4v) is 4.05. The summed E-state index contributed by atoms with van der Waals surface area (Å²) in [5.74, 6) is 0. The van der Waals surface area contributed by atoms with Crippen LogP contribution in [-0.2, 0) is 6.42 Å². The number of likely N-dealkylation sites (tertiary alicyclic amines) is 1. The highest BCUT2D eigenvalue weighted by Gasteiger charge is 2.27. The minimum absolute atomic E-state index is 0.155. The van der Waals surface area contributed by atoms with Crippen LogP contribution in [0.1, 0.15) is 29.7 Å². The first-order valence-corrected chi connectivity index (χ1v) is 7.91. The Morgan fingerprint density at radius 3 is 3.10 bits per heavy atom. The Morgan fingerprint density at radius 1 is 1.48 bits per heavy atom. The highest BCUT2D eigenvalue weighted by Crippen LogP contribution is 2.29. The Bertz CT molecular complexity index is 717. The summed E-state index contributed by atoms with van der Waals surface area (Å²) in [4.78, 5) is 14.0. The van der Waals surface area contributed by atoms with Gasteiger partial charge >= 0.3 is 6.09 Å². The molecule has 1 aliphatic rings. The number of thiophene rings is 1. The molecular formula is C16H16N2O2S. The van der Waals surface area contributed by atoms with E-state index in [9.17, 15) is 4.79 Å². The van der Waals surface area contributed by atoms with Crippen molar-refractivity contribution in [3.8, 4) is 6.07 Å². The summed E-state index contributed by atoms with van der Waals surface area (Å²) in [5.41, 5.74) is 0.680.